The van der Waals surface area contributed by atoms with Gasteiger partial charge in [0.25, 0.3) is 5.91 Å². The Labute approximate surface area is 162 Å². The summed E-state index contributed by atoms with van der Waals surface area (Å²) in [5.41, 5.74) is 2.33. The molecule has 28 heavy (non-hydrogen) atoms. The van der Waals surface area contributed by atoms with Crippen LogP contribution in [-0.4, -0.2) is 53.6 Å². The number of esters is 1. The van der Waals surface area contributed by atoms with Crippen molar-refractivity contribution in [1.82, 2.24) is 15.2 Å². The number of hydrogen-bond donors (Lipinski definition) is 2. The summed E-state index contributed by atoms with van der Waals surface area (Å²) in [6, 6.07) is 0.489. The van der Waals surface area contributed by atoms with Gasteiger partial charge in [-0.15, -0.1) is 0 Å². The van der Waals surface area contributed by atoms with E-state index in [1.165, 1.54) is 0 Å². The zero-order chi connectivity index (χ0) is 20.3. The highest BCUT2D eigenvalue weighted by atomic mass is 16.5. The number of nitrogens with one attached hydrogen (secondary N) is 2. The fourth-order valence-electron chi connectivity index (χ4n) is 3.58. The van der Waals surface area contributed by atoms with Crippen molar-refractivity contribution >= 4 is 23.7 Å². The van der Waals surface area contributed by atoms with Crippen molar-refractivity contribution in [2.45, 2.75) is 58.2 Å². The highest BCUT2D eigenvalue weighted by Gasteiger charge is 2.30. The summed E-state index contributed by atoms with van der Waals surface area (Å²) in [5, 5.41) is 4.50. The van der Waals surface area contributed by atoms with E-state index in [0.717, 1.165) is 30.8 Å². The van der Waals surface area contributed by atoms with Crippen LogP contribution in [0.25, 0.3) is 0 Å². The third-order valence-electron chi connectivity index (χ3n) is 5.14. The smallest absolute Gasteiger partial charge is 0.322 e. The Morgan fingerprint density at radius 1 is 1.32 bits per heavy atom. The van der Waals surface area contributed by atoms with Gasteiger partial charge >= 0.3 is 12.0 Å². The number of amides is 3. The van der Waals surface area contributed by atoms with Gasteiger partial charge in [-0.2, -0.15) is 0 Å². The molecule has 3 heterocycles. The number of ketones is 1. The SMILES string of the molecule is Cc1cc(C(=O)COC(=O)CC[C@H]2NC(=O)NC2=O)c(C)n1C[C@H]1CCCO1. The molecule has 152 valence electrons. The van der Waals surface area contributed by atoms with Crippen molar-refractivity contribution < 1.29 is 28.7 Å². The standard InChI is InChI=1S/C19H25N3O6/c1-11-8-14(12(2)22(11)9-13-4-3-7-27-13)16(23)10-28-17(24)6-5-15-18(25)21-19(26)20-15/h8,13,15H,3-7,9-10H2,1-2H3,(H2,20,21,25,26)/t13-,15-/m1/s1. The number of carbonyl (C=O) groups is 4. The number of ether oxygens (including phenoxy) is 2. The number of imide groups is 1. The van der Waals surface area contributed by atoms with Crippen molar-refractivity contribution in [2.75, 3.05) is 13.2 Å². The average molecular weight is 391 g/mol. The van der Waals surface area contributed by atoms with Gasteiger partial charge < -0.3 is 19.4 Å². The van der Waals surface area contributed by atoms with E-state index in [9.17, 15) is 19.2 Å². The van der Waals surface area contributed by atoms with Gasteiger partial charge in [-0.25, -0.2) is 4.79 Å². The predicted molar refractivity (Wildman–Crippen MR) is 97.9 cm³/mol. The first-order valence-electron chi connectivity index (χ1n) is 9.43. The molecule has 0 aromatic carbocycles. The Hall–Kier alpha value is -2.68. The molecule has 9 nitrogen and oxygen atoms in total. The minimum atomic E-state index is -0.743. The molecule has 0 aliphatic carbocycles. The van der Waals surface area contributed by atoms with Crippen molar-refractivity contribution in [1.29, 1.82) is 0 Å². The highest BCUT2D eigenvalue weighted by molar-refractivity contribution is 6.04. The third-order valence-corrected chi connectivity index (χ3v) is 5.14. The molecular weight excluding hydrogens is 366 g/mol. The van der Waals surface area contributed by atoms with Crippen molar-refractivity contribution in [3.05, 3.63) is 23.0 Å². The van der Waals surface area contributed by atoms with Gasteiger partial charge in [-0.3, -0.25) is 19.7 Å². The normalized spacial score (nSPS) is 21.5. The Kier molecular flexibility index (Phi) is 6.13. The van der Waals surface area contributed by atoms with E-state index in [4.69, 9.17) is 9.47 Å². The Balaban J connectivity index is 1.49. The summed E-state index contributed by atoms with van der Waals surface area (Å²) in [6.45, 7) is 4.94. The lowest BCUT2D eigenvalue weighted by molar-refractivity contribution is -0.142. The van der Waals surface area contributed by atoms with E-state index in [2.05, 4.69) is 15.2 Å². The minimum absolute atomic E-state index is 0.0658. The Morgan fingerprint density at radius 2 is 2.11 bits per heavy atom. The summed E-state index contributed by atoms with van der Waals surface area (Å²) in [5.74, 6) is -1.32. The molecule has 2 aliphatic rings. The molecule has 0 radical (unpaired) electrons. The van der Waals surface area contributed by atoms with Crippen LogP contribution in [0, 0.1) is 13.8 Å². The lowest BCUT2D eigenvalue weighted by Crippen LogP contribution is -2.29. The number of aromatic nitrogens is 1. The van der Waals surface area contributed by atoms with Gasteiger partial charge in [0, 0.05) is 36.5 Å². The van der Waals surface area contributed by atoms with E-state index >= 15 is 0 Å². The molecule has 3 rings (SSSR count). The molecule has 2 fully saturated rings. The fourth-order valence-corrected chi connectivity index (χ4v) is 3.58. The molecule has 1 aromatic rings. The van der Waals surface area contributed by atoms with Crippen molar-refractivity contribution in [2.24, 2.45) is 0 Å². The predicted octanol–water partition coefficient (Wildman–Crippen LogP) is 0.998. The molecular formula is C19H25N3O6. The van der Waals surface area contributed by atoms with Gasteiger partial charge in [0.2, 0.25) is 5.78 Å². The van der Waals surface area contributed by atoms with Crippen LogP contribution in [0.1, 0.15) is 47.4 Å². The molecule has 2 saturated heterocycles. The zero-order valence-electron chi connectivity index (χ0n) is 16.1. The topological polar surface area (TPSA) is 116 Å². The van der Waals surface area contributed by atoms with Crippen molar-refractivity contribution in [3.8, 4) is 0 Å². The summed E-state index contributed by atoms with van der Waals surface area (Å²) < 4.78 is 12.8. The number of aryl methyl sites for hydroxylation is 1. The first-order valence-corrected chi connectivity index (χ1v) is 9.43. The van der Waals surface area contributed by atoms with E-state index in [1.807, 2.05) is 13.8 Å². The monoisotopic (exact) mass is 391 g/mol. The first-order chi connectivity index (χ1) is 13.3. The van der Waals surface area contributed by atoms with E-state index in [1.54, 1.807) is 6.07 Å². The number of Topliss-reactive ketones (excluding diaryl/α,β-unsaturated/α-hetero) is 1. The summed E-state index contributed by atoms with van der Waals surface area (Å²) in [6.07, 6.45) is 2.29. The van der Waals surface area contributed by atoms with Gasteiger partial charge in [-0.05, 0) is 39.2 Å². The lowest BCUT2D eigenvalue weighted by Gasteiger charge is -2.14. The minimum Gasteiger partial charge on any atom is -0.457 e. The lowest BCUT2D eigenvalue weighted by atomic mass is 10.1. The second-order valence-corrected chi connectivity index (χ2v) is 7.17. The molecule has 0 spiro atoms. The van der Waals surface area contributed by atoms with Gasteiger partial charge in [0.1, 0.15) is 6.04 Å². The molecule has 2 aliphatic heterocycles. The number of hydrogen-bond acceptors (Lipinski definition) is 6. The number of rotatable bonds is 8. The maximum atomic E-state index is 12.5. The second kappa shape index (κ2) is 8.55. The van der Waals surface area contributed by atoms with Crippen molar-refractivity contribution in [3.63, 3.8) is 0 Å². The largest absolute Gasteiger partial charge is 0.457 e. The molecule has 2 atom stereocenters. The van der Waals surface area contributed by atoms with Crippen LogP contribution in [0.3, 0.4) is 0 Å². The van der Waals surface area contributed by atoms with E-state index in [-0.39, 0.29) is 31.3 Å². The molecule has 0 saturated carbocycles. The molecule has 2 N–H and O–H groups in total. The van der Waals surface area contributed by atoms with E-state index in [0.29, 0.717) is 12.1 Å². The number of nitrogens with zero attached hydrogens (tertiary/aromatic N) is 1. The van der Waals surface area contributed by atoms with Crippen LogP contribution in [-0.2, 0) is 25.6 Å². The second-order valence-electron chi connectivity index (χ2n) is 7.17. The Bertz CT molecular complexity index is 794. The Morgan fingerprint density at radius 3 is 2.75 bits per heavy atom. The quantitative estimate of drug-likeness (QED) is 0.388. The average Bonchev–Trinajstić information content (AvgIpc) is 3.34. The molecule has 0 bridgehead atoms. The maximum absolute atomic E-state index is 12.5. The molecule has 9 heteroatoms. The summed E-state index contributed by atoms with van der Waals surface area (Å²) >= 11 is 0. The van der Waals surface area contributed by atoms with Crippen LogP contribution < -0.4 is 10.6 Å². The highest BCUT2D eigenvalue weighted by Crippen LogP contribution is 2.20. The molecule has 1 aromatic heterocycles. The van der Waals surface area contributed by atoms with Crippen LogP contribution >= 0.6 is 0 Å². The number of carbonyl (C=O) groups excluding carboxylic acids is 4. The summed E-state index contributed by atoms with van der Waals surface area (Å²) in [4.78, 5) is 46.8. The summed E-state index contributed by atoms with van der Waals surface area (Å²) in [7, 11) is 0. The van der Waals surface area contributed by atoms with Gasteiger partial charge in [-0.1, -0.05) is 0 Å². The third kappa shape index (κ3) is 4.59. The van der Waals surface area contributed by atoms with Crippen LogP contribution in [0.4, 0.5) is 4.79 Å². The van der Waals surface area contributed by atoms with Crippen LogP contribution in [0.15, 0.2) is 6.07 Å². The molecule has 0 unspecified atom stereocenters. The first kappa shape index (κ1) is 20.1. The van der Waals surface area contributed by atoms with Crippen LogP contribution in [0.5, 0.6) is 0 Å². The van der Waals surface area contributed by atoms with Crippen LogP contribution in [0.2, 0.25) is 0 Å². The molecule has 3 amide bonds. The number of urea groups is 1. The van der Waals surface area contributed by atoms with E-state index < -0.39 is 23.9 Å². The fraction of sp³-hybridized carbons (Fsp3) is 0.579. The zero-order valence-corrected chi connectivity index (χ0v) is 16.1. The maximum Gasteiger partial charge on any atom is 0.322 e. The van der Waals surface area contributed by atoms with Gasteiger partial charge in [0.15, 0.2) is 6.61 Å². The van der Waals surface area contributed by atoms with Gasteiger partial charge in [0.05, 0.1) is 6.10 Å².